The zero-order chi connectivity index (χ0) is 21.1. The number of thioether (sulfide) groups is 1. The molecule has 1 amide bonds. The quantitative estimate of drug-likeness (QED) is 0.560. The predicted octanol–water partition coefficient (Wildman–Crippen LogP) is 0.843. The van der Waals surface area contributed by atoms with Crippen molar-refractivity contribution in [3.8, 4) is 12.3 Å². The molecule has 0 aliphatic carbocycles. The zero-order valence-corrected chi connectivity index (χ0v) is 16.2. The maximum Gasteiger partial charge on any atom is 0.350 e. The summed E-state index contributed by atoms with van der Waals surface area (Å²) in [6.45, 7) is 3.29. The van der Waals surface area contributed by atoms with Crippen LogP contribution in [0.25, 0.3) is 0 Å². The van der Waals surface area contributed by atoms with Gasteiger partial charge in [0.15, 0.2) is 11.6 Å². The molecule has 0 saturated carbocycles. The van der Waals surface area contributed by atoms with Gasteiger partial charge < -0.3 is 14.8 Å². The number of carbonyl (C=O) groups is 3. The normalized spacial score (nSPS) is 23.5. The summed E-state index contributed by atoms with van der Waals surface area (Å²) in [5.41, 5.74) is -0.829. The summed E-state index contributed by atoms with van der Waals surface area (Å²) < 4.78 is 24.3. The Labute approximate surface area is 164 Å². The third kappa shape index (κ3) is 4.69. The van der Waals surface area contributed by atoms with E-state index < -0.39 is 51.4 Å². The highest BCUT2D eigenvalue weighted by molar-refractivity contribution is 8.01. The average Bonchev–Trinajstić information content (AvgIpc) is 2.93. The second-order valence-electron chi connectivity index (χ2n) is 6.03. The van der Waals surface area contributed by atoms with Crippen LogP contribution in [0.1, 0.15) is 32.6 Å². The van der Waals surface area contributed by atoms with Gasteiger partial charge in [-0.05, 0) is 0 Å². The SMILES string of the molecule is C#C[C@]1(COC(C)=O)SC(n2cc(F)c(NC(C)=O)nc2=O)C[C@@H]1OC(C)=O. The molecule has 0 aromatic carbocycles. The Morgan fingerprint density at radius 3 is 2.64 bits per heavy atom. The highest BCUT2D eigenvalue weighted by atomic mass is 32.2. The van der Waals surface area contributed by atoms with Crippen molar-refractivity contribution in [3.63, 3.8) is 0 Å². The van der Waals surface area contributed by atoms with Gasteiger partial charge in [-0.3, -0.25) is 19.0 Å². The predicted molar refractivity (Wildman–Crippen MR) is 97.8 cm³/mol. The number of nitrogens with one attached hydrogen (secondary N) is 1. The van der Waals surface area contributed by atoms with Gasteiger partial charge in [-0.15, -0.1) is 18.2 Å². The average molecular weight is 411 g/mol. The molecule has 1 unspecified atom stereocenters. The molecule has 1 aromatic rings. The van der Waals surface area contributed by atoms with Crippen LogP contribution < -0.4 is 11.0 Å². The first-order chi connectivity index (χ1) is 13.1. The van der Waals surface area contributed by atoms with E-state index in [9.17, 15) is 23.6 Å². The lowest BCUT2D eigenvalue weighted by Crippen LogP contribution is -2.41. The van der Waals surface area contributed by atoms with Crippen LogP contribution in [0.15, 0.2) is 11.0 Å². The molecule has 1 N–H and O–H groups in total. The molecule has 1 fully saturated rings. The van der Waals surface area contributed by atoms with Gasteiger partial charge in [0.2, 0.25) is 5.91 Å². The molecule has 2 rings (SSSR count). The van der Waals surface area contributed by atoms with Gasteiger partial charge in [0, 0.05) is 33.4 Å². The van der Waals surface area contributed by atoms with Crippen LogP contribution in [0, 0.1) is 18.2 Å². The molecule has 1 saturated heterocycles. The highest BCUT2D eigenvalue weighted by Gasteiger charge is 2.51. The zero-order valence-electron chi connectivity index (χ0n) is 15.4. The van der Waals surface area contributed by atoms with Crippen molar-refractivity contribution >= 4 is 35.4 Å². The third-order valence-electron chi connectivity index (χ3n) is 3.84. The Kier molecular flexibility index (Phi) is 6.45. The monoisotopic (exact) mass is 411 g/mol. The number of amides is 1. The first-order valence-electron chi connectivity index (χ1n) is 8.10. The summed E-state index contributed by atoms with van der Waals surface area (Å²) in [7, 11) is 0. The van der Waals surface area contributed by atoms with Crippen LogP contribution in [-0.4, -0.2) is 44.9 Å². The molecule has 3 atom stereocenters. The van der Waals surface area contributed by atoms with Gasteiger partial charge in [-0.1, -0.05) is 5.92 Å². The Bertz CT molecular complexity index is 911. The molecule has 11 heteroatoms. The van der Waals surface area contributed by atoms with Crippen molar-refractivity contribution in [2.24, 2.45) is 0 Å². The molecule has 150 valence electrons. The number of nitrogens with zero attached hydrogens (tertiary/aromatic N) is 2. The fourth-order valence-corrected chi connectivity index (χ4v) is 4.18. The summed E-state index contributed by atoms with van der Waals surface area (Å²) in [5.74, 6) is -0.693. The van der Waals surface area contributed by atoms with E-state index in [2.05, 4.69) is 16.2 Å². The lowest BCUT2D eigenvalue weighted by molar-refractivity contribution is -0.149. The molecule has 0 bridgehead atoms. The largest absolute Gasteiger partial charge is 0.463 e. The summed E-state index contributed by atoms with van der Waals surface area (Å²) in [6, 6.07) is 0. The Hall–Kier alpha value is -2.87. The van der Waals surface area contributed by atoms with Gasteiger partial charge in [0.25, 0.3) is 0 Å². The molecule has 28 heavy (non-hydrogen) atoms. The summed E-state index contributed by atoms with van der Waals surface area (Å²) in [4.78, 5) is 49.6. The van der Waals surface area contributed by atoms with Crippen LogP contribution in [0.2, 0.25) is 0 Å². The Morgan fingerprint density at radius 2 is 2.11 bits per heavy atom. The van der Waals surface area contributed by atoms with Gasteiger partial charge in [-0.2, -0.15) is 4.98 Å². The number of terminal acetylenes is 1. The van der Waals surface area contributed by atoms with Gasteiger partial charge in [0.1, 0.15) is 17.5 Å². The summed E-state index contributed by atoms with van der Waals surface area (Å²) >= 11 is 1.02. The van der Waals surface area contributed by atoms with E-state index >= 15 is 0 Å². The van der Waals surface area contributed by atoms with Crippen molar-refractivity contribution < 1.29 is 28.2 Å². The standard InChI is InChI=1S/C17H18FN3O6S/c1-5-17(8-26-10(3)23)13(27-11(4)24)6-14(28-17)21-7-12(18)15(19-9(2)22)20-16(21)25/h1,7,13-14H,6,8H2,2-4H3,(H,19,20,22,25)/t13-,14?,17+/m0/s1. The van der Waals surface area contributed by atoms with Crippen molar-refractivity contribution in [1.82, 2.24) is 9.55 Å². The topological polar surface area (TPSA) is 117 Å². The lowest BCUT2D eigenvalue weighted by atomic mass is 10.0. The molecule has 9 nitrogen and oxygen atoms in total. The first-order valence-corrected chi connectivity index (χ1v) is 8.98. The maximum atomic E-state index is 14.2. The molecule has 0 radical (unpaired) electrons. The minimum absolute atomic E-state index is 0.0657. The van der Waals surface area contributed by atoms with Crippen molar-refractivity contribution in [3.05, 3.63) is 22.5 Å². The number of hydrogen-bond acceptors (Lipinski definition) is 8. The highest BCUT2D eigenvalue weighted by Crippen LogP contribution is 2.50. The fraction of sp³-hybridized carbons (Fsp3) is 0.471. The minimum Gasteiger partial charge on any atom is -0.463 e. The molecule has 1 aliphatic heterocycles. The van der Waals surface area contributed by atoms with E-state index in [1.54, 1.807) is 0 Å². The lowest BCUT2D eigenvalue weighted by Gasteiger charge is -2.27. The van der Waals surface area contributed by atoms with E-state index in [4.69, 9.17) is 15.9 Å². The first kappa shape index (κ1) is 21.4. The van der Waals surface area contributed by atoms with E-state index in [1.807, 2.05) is 0 Å². The second-order valence-corrected chi connectivity index (χ2v) is 7.54. The number of carbonyl (C=O) groups excluding carboxylic acids is 3. The second kappa shape index (κ2) is 8.43. The third-order valence-corrected chi connectivity index (χ3v) is 5.45. The van der Waals surface area contributed by atoms with E-state index in [1.165, 1.54) is 13.8 Å². The van der Waals surface area contributed by atoms with Gasteiger partial charge in [-0.25, -0.2) is 9.18 Å². The number of esters is 2. The van der Waals surface area contributed by atoms with Gasteiger partial charge >= 0.3 is 17.6 Å². The van der Waals surface area contributed by atoms with Crippen molar-refractivity contribution in [1.29, 1.82) is 0 Å². The van der Waals surface area contributed by atoms with Crippen LogP contribution in [0.4, 0.5) is 10.2 Å². The van der Waals surface area contributed by atoms with E-state index in [0.717, 1.165) is 29.4 Å². The van der Waals surface area contributed by atoms with Crippen LogP contribution in [-0.2, 0) is 23.9 Å². The Morgan fingerprint density at radius 1 is 1.43 bits per heavy atom. The number of anilines is 1. The van der Waals surface area contributed by atoms with E-state index in [-0.39, 0.29) is 13.0 Å². The summed E-state index contributed by atoms with van der Waals surface area (Å²) in [6.07, 6.45) is 5.71. The molecular formula is C17H18FN3O6S. The van der Waals surface area contributed by atoms with Crippen molar-refractivity contribution in [2.75, 3.05) is 11.9 Å². The number of halogens is 1. The fourth-order valence-electron chi connectivity index (χ4n) is 2.66. The minimum atomic E-state index is -1.26. The smallest absolute Gasteiger partial charge is 0.350 e. The Balaban J connectivity index is 2.39. The number of hydrogen-bond donors (Lipinski definition) is 1. The molecule has 0 spiro atoms. The summed E-state index contributed by atoms with van der Waals surface area (Å²) in [5, 5.41) is 1.38. The van der Waals surface area contributed by atoms with Crippen molar-refractivity contribution in [2.45, 2.75) is 43.4 Å². The van der Waals surface area contributed by atoms with Crippen LogP contribution in [0.5, 0.6) is 0 Å². The van der Waals surface area contributed by atoms with E-state index in [0.29, 0.717) is 0 Å². The van der Waals surface area contributed by atoms with Gasteiger partial charge in [0.05, 0.1) is 5.37 Å². The molecule has 1 aliphatic rings. The maximum absolute atomic E-state index is 14.2. The molecule has 2 heterocycles. The van der Waals surface area contributed by atoms with Crippen LogP contribution >= 0.6 is 11.8 Å². The number of ether oxygens (including phenoxy) is 2. The molecular weight excluding hydrogens is 393 g/mol. The van der Waals surface area contributed by atoms with Crippen LogP contribution in [0.3, 0.4) is 0 Å². The number of rotatable bonds is 5. The number of aromatic nitrogens is 2. The molecule has 1 aromatic heterocycles.